The normalized spacial score (nSPS) is 15.2. The van der Waals surface area contributed by atoms with Crippen molar-refractivity contribution in [1.29, 1.82) is 0 Å². The predicted molar refractivity (Wildman–Crippen MR) is 237 cm³/mol. The molecule has 2 heterocycles. The molecule has 0 aliphatic heterocycles. The van der Waals surface area contributed by atoms with Crippen molar-refractivity contribution >= 4 is 64.0 Å². The first kappa shape index (κ1) is 30.5. The van der Waals surface area contributed by atoms with Gasteiger partial charge < -0.3 is 0 Å². The van der Waals surface area contributed by atoms with Crippen LogP contribution in [0.25, 0.3) is 97.1 Å². The van der Waals surface area contributed by atoms with Gasteiger partial charge in [-0.15, -0.1) is 11.3 Å². The molecular formula is C54H31NS. The summed E-state index contributed by atoms with van der Waals surface area (Å²) < 4.78 is 2.62. The van der Waals surface area contributed by atoms with Gasteiger partial charge in [0.2, 0.25) is 0 Å². The van der Waals surface area contributed by atoms with Crippen LogP contribution in [0.2, 0.25) is 0 Å². The van der Waals surface area contributed by atoms with Gasteiger partial charge in [0.1, 0.15) is 0 Å². The molecule has 1 spiro atoms. The lowest BCUT2D eigenvalue weighted by atomic mass is 9.70. The smallest absolute Gasteiger partial charge is 0.0725 e. The molecule has 2 aromatic heterocycles. The maximum absolute atomic E-state index is 4.76. The van der Waals surface area contributed by atoms with Gasteiger partial charge in [-0.25, -0.2) is 0 Å². The van der Waals surface area contributed by atoms with E-state index >= 15 is 0 Å². The Labute approximate surface area is 327 Å². The van der Waals surface area contributed by atoms with Crippen molar-refractivity contribution in [3.8, 4) is 44.5 Å². The molecule has 1 atom stereocenters. The highest BCUT2D eigenvalue weighted by molar-refractivity contribution is 7.26. The predicted octanol–water partition coefficient (Wildman–Crippen LogP) is 14.6. The quantitative estimate of drug-likeness (QED) is 0.162. The van der Waals surface area contributed by atoms with Crippen LogP contribution in [0, 0.1) is 0 Å². The molecule has 258 valence electrons. The number of benzene rings is 9. The standard InChI is InChI=1S/C54H31NS/c1-2-13-32(14-3-1)51-37-17-4-6-19-39(37)52(40-20-7-5-18-38(40)51)33-24-25-36-34-15-8-10-22-44(34)54(46(36)29-33)45-23-11-9-16-35(45)42-31-50-43(30-47(42)54)53-41-21-12-28-55-48(41)26-27-49(53)56-50/h1-31H. The van der Waals surface area contributed by atoms with Crippen LogP contribution in [-0.4, -0.2) is 4.98 Å². The molecular weight excluding hydrogens is 695 g/mol. The summed E-state index contributed by atoms with van der Waals surface area (Å²) in [6.07, 6.45) is 1.90. The van der Waals surface area contributed by atoms with E-state index in [4.69, 9.17) is 4.98 Å². The highest BCUT2D eigenvalue weighted by Gasteiger charge is 2.52. The van der Waals surface area contributed by atoms with E-state index < -0.39 is 5.41 Å². The molecule has 0 fully saturated rings. The fraction of sp³-hybridized carbons (Fsp3) is 0.0185. The van der Waals surface area contributed by atoms with Gasteiger partial charge in [-0.05, 0) is 125 Å². The van der Waals surface area contributed by atoms with Gasteiger partial charge in [0.15, 0.2) is 0 Å². The van der Waals surface area contributed by atoms with Crippen molar-refractivity contribution in [1.82, 2.24) is 4.98 Å². The number of nitrogens with zero attached hydrogens (tertiary/aromatic N) is 1. The van der Waals surface area contributed by atoms with Crippen LogP contribution in [0.1, 0.15) is 22.3 Å². The number of hydrogen-bond donors (Lipinski definition) is 0. The van der Waals surface area contributed by atoms with Crippen LogP contribution in [0.15, 0.2) is 188 Å². The van der Waals surface area contributed by atoms with Crippen molar-refractivity contribution in [2.75, 3.05) is 0 Å². The molecule has 0 saturated heterocycles. The molecule has 2 aliphatic rings. The SMILES string of the molecule is c1ccc(-c2c3ccccc3c(-c3ccc4c(c3)C3(c5ccccc5-4)c4ccccc4-c4cc5sc6ccc7ncccc7c6c5cc43)c3ccccc23)cc1. The molecule has 11 aromatic rings. The van der Waals surface area contributed by atoms with Crippen LogP contribution >= 0.6 is 11.3 Å². The number of rotatable bonds is 2. The topological polar surface area (TPSA) is 12.9 Å². The maximum atomic E-state index is 4.76. The number of pyridine rings is 1. The average Bonchev–Trinajstić information content (AvgIpc) is 3.88. The first-order chi connectivity index (χ1) is 27.8. The van der Waals surface area contributed by atoms with Crippen LogP contribution in [0.5, 0.6) is 0 Å². The van der Waals surface area contributed by atoms with E-state index in [2.05, 4.69) is 182 Å². The minimum atomic E-state index is -0.477. The molecule has 56 heavy (non-hydrogen) atoms. The van der Waals surface area contributed by atoms with Crippen molar-refractivity contribution < 1.29 is 0 Å². The lowest BCUT2D eigenvalue weighted by molar-refractivity contribution is 0.795. The highest BCUT2D eigenvalue weighted by atomic mass is 32.1. The number of hydrogen-bond acceptors (Lipinski definition) is 2. The van der Waals surface area contributed by atoms with E-state index in [-0.39, 0.29) is 0 Å². The van der Waals surface area contributed by atoms with Gasteiger partial charge in [0.25, 0.3) is 0 Å². The Morgan fingerprint density at radius 1 is 0.357 bits per heavy atom. The zero-order chi connectivity index (χ0) is 36.5. The number of thiophene rings is 1. The summed E-state index contributed by atoms with van der Waals surface area (Å²) in [6, 6.07) is 68.3. The molecule has 0 bridgehead atoms. The van der Waals surface area contributed by atoms with Gasteiger partial charge in [-0.2, -0.15) is 0 Å². The highest BCUT2D eigenvalue weighted by Crippen LogP contribution is 2.64. The fourth-order valence-electron chi connectivity index (χ4n) is 10.6. The van der Waals surface area contributed by atoms with E-state index in [1.165, 1.54) is 114 Å². The van der Waals surface area contributed by atoms with E-state index in [9.17, 15) is 0 Å². The molecule has 2 aliphatic carbocycles. The summed E-state index contributed by atoms with van der Waals surface area (Å²) >= 11 is 1.89. The van der Waals surface area contributed by atoms with E-state index in [1.807, 2.05) is 17.5 Å². The Morgan fingerprint density at radius 3 is 1.64 bits per heavy atom. The van der Waals surface area contributed by atoms with Crippen LogP contribution in [-0.2, 0) is 5.41 Å². The average molecular weight is 726 g/mol. The van der Waals surface area contributed by atoms with Gasteiger partial charge in [0, 0.05) is 31.8 Å². The monoisotopic (exact) mass is 725 g/mol. The number of fused-ring (bicyclic) bond motifs is 17. The summed E-state index contributed by atoms with van der Waals surface area (Å²) in [6.45, 7) is 0. The Morgan fingerprint density at radius 2 is 0.929 bits per heavy atom. The van der Waals surface area contributed by atoms with Crippen LogP contribution in [0.4, 0.5) is 0 Å². The molecule has 0 saturated carbocycles. The fourth-order valence-corrected chi connectivity index (χ4v) is 11.7. The van der Waals surface area contributed by atoms with Crippen molar-refractivity contribution in [3.63, 3.8) is 0 Å². The summed E-state index contributed by atoms with van der Waals surface area (Å²) in [5, 5.41) is 8.92. The summed E-state index contributed by atoms with van der Waals surface area (Å²) in [4.78, 5) is 4.76. The third-order valence-electron chi connectivity index (χ3n) is 12.7. The molecule has 1 unspecified atom stereocenters. The zero-order valence-electron chi connectivity index (χ0n) is 30.3. The summed E-state index contributed by atoms with van der Waals surface area (Å²) in [5.74, 6) is 0. The molecule has 9 aromatic carbocycles. The van der Waals surface area contributed by atoms with E-state index in [0.717, 1.165) is 5.52 Å². The first-order valence-electron chi connectivity index (χ1n) is 19.4. The molecule has 0 N–H and O–H groups in total. The van der Waals surface area contributed by atoms with Gasteiger partial charge in [-0.1, -0.05) is 146 Å². The molecule has 1 nitrogen and oxygen atoms in total. The second kappa shape index (κ2) is 11.1. The zero-order valence-corrected chi connectivity index (χ0v) is 31.1. The third kappa shape index (κ3) is 3.82. The van der Waals surface area contributed by atoms with Crippen molar-refractivity contribution in [3.05, 3.63) is 210 Å². The number of aromatic nitrogens is 1. The molecule has 0 radical (unpaired) electrons. The lowest BCUT2D eigenvalue weighted by Crippen LogP contribution is -2.25. The summed E-state index contributed by atoms with van der Waals surface area (Å²) in [5.41, 5.74) is 16.3. The van der Waals surface area contributed by atoms with Gasteiger partial charge >= 0.3 is 0 Å². The molecule has 13 rings (SSSR count). The van der Waals surface area contributed by atoms with Crippen molar-refractivity contribution in [2.24, 2.45) is 0 Å². The van der Waals surface area contributed by atoms with Crippen molar-refractivity contribution in [2.45, 2.75) is 5.41 Å². The van der Waals surface area contributed by atoms with Gasteiger partial charge in [-0.3, -0.25) is 4.98 Å². The minimum absolute atomic E-state index is 0.477. The summed E-state index contributed by atoms with van der Waals surface area (Å²) in [7, 11) is 0. The largest absolute Gasteiger partial charge is 0.256 e. The minimum Gasteiger partial charge on any atom is -0.256 e. The second-order valence-corrected chi connectivity index (χ2v) is 16.4. The van der Waals surface area contributed by atoms with Gasteiger partial charge in [0.05, 0.1) is 10.9 Å². The second-order valence-electron chi connectivity index (χ2n) is 15.3. The Balaban J connectivity index is 1.16. The third-order valence-corrected chi connectivity index (χ3v) is 13.8. The molecule has 0 amide bonds. The van der Waals surface area contributed by atoms with E-state index in [1.54, 1.807) is 0 Å². The first-order valence-corrected chi connectivity index (χ1v) is 20.2. The Kier molecular flexibility index (Phi) is 6.04. The van der Waals surface area contributed by atoms with Crippen LogP contribution in [0.3, 0.4) is 0 Å². The van der Waals surface area contributed by atoms with Crippen LogP contribution < -0.4 is 0 Å². The Bertz CT molecular complexity index is 3430. The Hall–Kier alpha value is -6.87. The van der Waals surface area contributed by atoms with E-state index in [0.29, 0.717) is 0 Å². The lowest BCUT2D eigenvalue weighted by Gasteiger charge is -2.31. The maximum Gasteiger partial charge on any atom is 0.0725 e. The molecule has 2 heteroatoms.